The molecule has 3 aromatic carbocycles. The first kappa shape index (κ1) is 23.4. The van der Waals surface area contributed by atoms with Gasteiger partial charge < -0.3 is 9.73 Å². The molecule has 8 nitrogen and oxygen atoms in total. The zero-order valence-electron chi connectivity index (χ0n) is 20.2. The number of ketones is 1. The van der Waals surface area contributed by atoms with Gasteiger partial charge in [0, 0.05) is 35.7 Å². The molecule has 6 rings (SSSR count). The standard InChI is InChI=1S/C30H23N3O5/c34-26-18-21(20-10-6-11-22(16-20)33(36)37)17-24-28(26)29(27-14-7-15-38-27)32(25-13-5-4-12-23(25)31-24)30(35)19-8-2-1-3-9-19/h1-17,21,28-29,31H,18H2. The van der Waals surface area contributed by atoms with Crippen LogP contribution < -0.4 is 10.2 Å². The van der Waals surface area contributed by atoms with Crippen LogP contribution in [0.2, 0.25) is 0 Å². The summed E-state index contributed by atoms with van der Waals surface area (Å²) in [7, 11) is 0. The summed E-state index contributed by atoms with van der Waals surface area (Å²) in [5.41, 5.74) is 3.08. The van der Waals surface area contributed by atoms with E-state index >= 15 is 0 Å². The van der Waals surface area contributed by atoms with Crippen molar-refractivity contribution >= 4 is 28.8 Å². The number of fused-ring (bicyclic) bond motifs is 2. The van der Waals surface area contributed by atoms with Gasteiger partial charge in [0.05, 0.1) is 28.5 Å². The molecule has 0 fully saturated rings. The summed E-state index contributed by atoms with van der Waals surface area (Å²) in [5, 5.41) is 14.8. The van der Waals surface area contributed by atoms with Crippen LogP contribution in [0, 0.1) is 16.0 Å². The van der Waals surface area contributed by atoms with Crippen LogP contribution in [-0.2, 0) is 4.79 Å². The van der Waals surface area contributed by atoms with Crippen LogP contribution in [0.3, 0.4) is 0 Å². The van der Waals surface area contributed by atoms with Crippen LogP contribution >= 0.6 is 0 Å². The molecule has 3 atom stereocenters. The van der Waals surface area contributed by atoms with Crippen molar-refractivity contribution in [3.05, 3.63) is 136 Å². The third-order valence-electron chi connectivity index (χ3n) is 7.10. The van der Waals surface area contributed by atoms with Crippen LogP contribution in [0.15, 0.2) is 113 Å². The maximum absolute atomic E-state index is 14.1. The lowest BCUT2D eigenvalue weighted by Crippen LogP contribution is -2.42. The number of Topliss-reactive ketones (excluding diaryl/α,β-unsaturated/α-hetero) is 1. The number of rotatable bonds is 4. The van der Waals surface area contributed by atoms with Gasteiger partial charge in [-0.05, 0) is 42.0 Å². The monoisotopic (exact) mass is 505 g/mol. The molecule has 8 heteroatoms. The Kier molecular flexibility index (Phi) is 5.84. The predicted molar refractivity (Wildman–Crippen MR) is 142 cm³/mol. The molecule has 1 aromatic heterocycles. The third kappa shape index (κ3) is 4.06. The van der Waals surface area contributed by atoms with Crippen molar-refractivity contribution in [3.63, 3.8) is 0 Å². The number of nitro groups is 1. The summed E-state index contributed by atoms with van der Waals surface area (Å²) in [6.45, 7) is 0. The SMILES string of the molecule is O=C1CC(c2cccc([N+](=O)[O-])c2)C=C2Nc3ccccc3N(C(=O)c3ccccc3)C(c3ccco3)C12. The molecule has 0 spiro atoms. The van der Waals surface area contributed by atoms with E-state index in [-0.39, 0.29) is 29.7 Å². The molecule has 1 aliphatic heterocycles. The number of benzene rings is 3. The van der Waals surface area contributed by atoms with E-state index in [0.29, 0.717) is 34.0 Å². The van der Waals surface area contributed by atoms with Gasteiger partial charge in [-0.1, -0.05) is 48.5 Å². The number of hydrogen-bond donors (Lipinski definition) is 1. The number of nitrogens with one attached hydrogen (secondary N) is 1. The Hall–Kier alpha value is -4.98. The van der Waals surface area contributed by atoms with Crippen molar-refractivity contribution in [2.45, 2.75) is 18.4 Å². The number of non-ortho nitro benzene ring substituents is 1. The van der Waals surface area contributed by atoms with Gasteiger partial charge in [0.1, 0.15) is 17.6 Å². The fraction of sp³-hybridized carbons (Fsp3) is 0.133. The molecule has 38 heavy (non-hydrogen) atoms. The summed E-state index contributed by atoms with van der Waals surface area (Å²) in [6, 6.07) is 25.5. The second kappa shape index (κ2) is 9.48. The summed E-state index contributed by atoms with van der Waals surface area (Å²) in [6.07, 6.45) is 3.62. The first-order chi connectivity index (χ1) is 18.5. The normalized spacial score (nSPS) is 20.4. The van der Waals surface area contributed by atoms with E-state index in [0.717, 1.165) is 0 Å². The zero-order chi connectivity index (χ0) is 26.2. The van der Waals surface area contributed by atoms with Gasteiger partial charge in [-0.2, -0.15) is 0 Å². The molecule has 0 radical (unpaired) electrons. The summed E-state index contributed by atoms with van der Waals surface area (Å²) < 4.78 is 5.83. The number of allylic oxidation sites excluding steroid dienone is 1. The number of amides is 1. The predicted octanol–water partition coefficient (Wildman–Crippen LogP) is 6.26. The van der Waals surface area contributed by atoms with Crippen LogP contribution in [0.1, 0.15) is 40.1 Å². The van der Waals surface area contributed by atoms with Crippen molar-refractivity contribution in [1.82, 2.24) is 0 Å². The Morgan fingerprint density at radius 2 is 1.76 bits per heavy atom. The van der Waals surface area contributed by atoms with E-state index < -0.39 is 16.9 Å². The van der Waals surface area contributed by atoms with Gasteiger partial charge in [0.2, 0.25) is 0 Å². The molecular formula is C30H23N3O5. The average Bonchev–Trinajstić information content (AvgIpc) is 3.43. The fourth-order valence-electron chi connectivity index (χ4n) is 5.40. The highest BCUT2D eigenvalue weighted by Crippen LogP contribution is 2.48. The molecule has 1 N–H and O–H groups in total. The van der Waals surface area contributed by atoms with Gasteiger partial charge in [0.15, 0.2) is 0 Å². The summed E-state index contributed by atoms with van der Waals surface area (Å²) in [5.74, 6) is -0.938. The number of carbonyl (C=O) groups excluding carboxylic acids is 2. The van der Waals surface area contributed by atoms with Crippen LogP contribution in [0.4, 0.5) is 17.1 Å². The minimum atomic E-state index is -0.737. The largest absolute Gasteiger partial charge is 0.467 e. The highest BCUT2D eigenvalue weighted by molar-refractivity contribution is 6.09. The zero-order valence-corrected chi connectivity index (χ0v) is 20.2. The van der Waals surface area contributed by atoms with E-state index in [1.165, 1.54) is 18.4 Å². The lowest BCUT2D eigenvalue weighted by atomic mass is 9.77. The lowest BCUT2D eigenvalue weighted by molar-refractivity contribution is -0.384. The second-order valence-electron chi connectivity index (χ2n) is 9.37. The Labute approximate surface area is 218 Å². The van der Waals surface area contributed by atoms with Gasteiger partial charge in [-0.25, -0.2) is 0 Å². The summed E-state index contributed by atoms with van der Waals surface area (Å²) in [4.78, 5) is 40.6. The Morgan fingerprint density at radius 3 is 2.53 bits per heavy atom. The third-order valence-corrected chi connectivity index (χ3v) is 7.10. The second-order valence-corrected chi connectivity index (χ2v) is 9.37. The van der Waals surface area contributed by atoms with Crippen LogP contribution in [-0.4, -0.2) is 16.6 Å². The molecule has 4 aromatic rings. The van der Waals surface area contributed by atoms with Crippen molar-refractivity contribution < 1.29 is 18.9 Å². The lowest BCUT2D eigenvalue weighted by Gasteiger charge is -2.36. The Bertz CT molecular complexity index is 1560. The molecule has 0 saturated carbocycles. The minimum Gasteiger partial charge on any atom is -0.467 e. The van der Waals surface area contributed by atoms with Gasteiger partial charge in [-0.15, -0.1) is 0 Å². The first-order valence-electron chi connectivity index (χ1n) is 12.3. The van der Waals surface area contributed by atoms with Gasteiger partial charge in [0.25, 0.3) is 11.6 Å². The first-order valence-corrected chi connectivity index (χ1v) is 12.3. The molecule has 0 bridgehead atoms. The fourth-order valence-corrected chi connectivity index (χ4v) is 5.40. The van der Waals surface area contributed by atoms with E-state index in [9.17, 15) is 19.7 Å². The van der Waals surface area contributed by atoms with Crippen LogP contribution in [0.5, 0.6) is 0 Å². The number of carbonyl (C=O) groups is 2. The number of nitro benzene ring substituents is 1. The Morgan fingerprint density at radius 1 is 0.974 bits per heavy atom. The highest BCUT2D eigenvalue weighted by Gasteiger charge is 2.46. The topological polar surface area (TPSA) is 106 Å². The molecule has 1 amide bonds. The molecule has 2 aliphatic rings. The van der Waals surface area contributed by atoms with E-state index in [4.69, 9.17) is 4.42 Å². The van der Waals surface area contributed by atoms with Crippen molar-refractivity contribution in [2.24, 2.45) is 5.92 Å². The number of furan rings is 1. The van der Waals surface area contributed by atoms with Crippen molar-refractivity contribution in [3.8, 4) is 0 Å². The molecule has 0 saturated heterocycles. The molecule has 188 valence electrons. The Balaban J connectivity index is 1.53. The van der Waals surface area contributed by atoms with Crippen molar-refractivity contribution in [2.75, 3.05) is 10.2 Å². The molecule has 2 heterocycles. The minimum absolute atomic E-state index is 0.0252. The average molecular weight is 506 g/mol. The molecule has 1 aliphatic carbocycles. The smallest absolute Gasteiger partial charge is 0.269 e. The maximum atomic E-state index is 14.1. The molecular weight excluding hydrogens is 482 g/mol. The van der Waals surface area contributed by atoms with Gasteiger partial charge in [-0.3, -0.25) is 24.6 Å². The van der Waals surface area contributed by atoms with Gasteiger partial charge >= 0.3 is 0 Å². The highest BCUT2D eigenvalue weighted by atomic mass is 16.6. The maximum Gasteiger partial charge on any atom is 0.269 e. The van der Waals surface area contributed by atoms with Crippen molar-refractivity contribution in [1.29, 1.82) is 0 Å². The quantitative estimate of drug-likeness (QED) is 0.259. The number of hydrogen-bond acceptors (Lipinski definition) is 6. The number of para-hydroxylation sites is 2. The summed E-state index contributed by atoms with van der Waals surface area (Å²) >= 11 is 0. The van der Waals surface area contributed by atoms with E-state index in [2.05, 4.69) is 5.32 Å². The van der Waals surface area contributed by atoms with E-state index in [1.54, 1.807) is 53.4 Å². The van der Waals surface area contributed by atoms with E-state index in [1.807, 2.05) is 36.4 Å². The number of anilines is 2. The molecule has 3 unspecified atom stereocenters. The number of nitrogens with zero attached hydrogens (tertiary/aromatic N) is 2. The van der Waals surface area contributed by atoms with Crippen LogP contribution in [0.25, 0.3) is 0 Å².